The van der Waals surface area contributed by atoms with E-state index in [1.807, 2.05) is 6.92 Å². The number of ether oxygens (including phenoxy) is 3. The SMILES string of the molecule is CCC1C2CN(C(=O)CNC(=O)OC3(C)CC3CCCCC(F)(F)c3c(nc4cc(OC)ccc4c3F)O2)C1C(=O)C(C)C. The van der Waals surface area contributed by atoms with Gasteiger partial charge in [-0.3, -0.25) is 9.59 Å². The Morgan fingerprint density at radius 1 is 1.25 bits per heavy atom. The third-order valence-corrected chi connectivity index (χ3v) is 9.33. The van der Waals surface area contributed by atoms with Crippen molar-refractivity contribution in [2.24, 2.45) is 17.8 Å². The maximum atomic E-state index is 16.1. The zero-order valence-electron chi connectivity index (χ0n) is 25.8. The van der Waals surface area contributed by atoms with Crippen LogP contribution in [0.5, 0.6) is 11.6 Å². The minimum atomic E-state index is -3.63. The molecule has 2 fully saturated rings. The van der Waals surface area contributed by atoms with Crippen LogP contribution in [0.1, 0.15) is 71.8 Å². The van der Waals surface area contributed by atoms with Crippen LogP contribution >= 0.6 is 0 Å². The van der Waals surface area contributed by atoms with E-state index in [9.17, 15) is 14.4 Å². The quantitative estimate of drug-likeness (QED) is 0.464. The van der Waals surface area contributed by atoms with Gasteiger partial charge in [-0.15, -0.1) is 0 Å². The molecular formula is C32H40F3N3O6. The fourth-order valence-corrected chi connectivity index (χ4v) is 6.63. The normalized spacial score (nSPS) is 29.1. The molecule has 5 rings (SSSR count). The molecule has 1 saturated heterocycles. The average Bonchev–Trinajstić information content (AvgIpc) is 3.45. The number of ketones is 1. The number of benzene rings is 1. The van der Waals surface area contributed by atoms with Crippen molar-refractivity contribution in [2.45, 2.75) is 89.9 Å². The maximum absolute atomic E-state index is 16.1. The summed E-state index contributed by atoms with van der Waals surface area (Å²) in [5.41, 5.74) is -1.61. The van der Waals surface area contributed by atoms with Crippen molar-refractivity contribution < 1.29 is 41.8 Å². The van der Waals surface area contributed by atoms with Crippen molar-refractivity contribution in [1.29, 1.82) is 0 Å². The van der Waals surface area contributed by atoms with Crippen LogP contribution in [0.2, 0.25) is 0 Å². The number of hydrogen-bond donors (Lipinski definition) is 1. The van der Waals surface area contributed by atoms with E-state index >= 15 is 13.2 Å². The van der Waals surface area contributed by atoms with Crippen LogP contribution in [0.3, 0.4) is 0 Å². The summed E-state index contributed by atoms with van der Waals surface area (Å²) in [7, 11) is 1.43. The molecule has 5 atom stereocenters. The first-order chi connectivity index (χ1) is 20.8. The highest BCUT2D eigenvalue weighted by Gasteiger charge is 2.54. The zero-order chi connectivity index (χ0) is 32.0. The molecule has 2 amide bonds. The lowest BCUT2D eigenvalue weighted by atomic mass is 9.88. The summed E-state index contributed by atoms with van der Waals surface area (Å²) in [6, 6.07) is 3.33. The molecule has 2 aliphatic heterocycles. The van der Waals surface area contributed by atoms with Crippen LogP contribution in [-0.2, 0) is 20.2 Å². The number of fused-ring (bicyclic) bond motifs is 5. The van der Waals surface area contributed by atoms with Crippen molar-refractivity contribution in [2.75, 3.05) is 20.2 Å². The number of carbonyl (C=O) groups excluding carboxylic acids is 3. The van der Waals surface area contributed by atoms with E-state index in [1.165, 1.54) is 30.2 Å². The number of nitrogens with zero attached hydrogens (tertiary/aromatic N) is 2. The Balaban J connectivity index is 1.60. The molecule has 9 nitrogen and oxygen atoms in total. The summed E-state index contributed by atoms with van der Waals surface area (Å²) in [6.45, 7) is 6.44. The molecule has 1 saturated carbocycles. The van der Waals surface area contributed by atoms with Gasteiger partial charge in [-0.1, -0.05) is 27.2 Å². The number of alkyl halides is 2. The number of amides is 2. The first kappa shape index (κ1) is 31.8. The van der Waals surface area contributed by atoms with Crippen LogP contribution in [0.15, 0.2) is 18.2 Å². The van der Waals surface area contributed by atoms with Crippen molar-refractivity contribution in [1.82, 2.24) is 15.2 Å². The number of pyridine rings is 1. The van der Waals surface area contributed by atoms with E-state index in [1.54, 1.807) is 20.8 Å². The number of alkyl carbamates (subject to hydrolysis) is 1. The number of nitrogens with one attached hydrogen (secondary N) is 1. The summed E-state index contributed by atoms with van der Waals surface area (Å²) >= 11 is 0. The van der Waals surface area contributed by atoms with Crippen LogP contribution in [0, 0.1) is 23.6 Å². The molecule has 44 heavy (non-hydrogen) atoms. The van der Waals surface area contributed by atoms with E-state index in [0.29, 0.717) is 31.4 Å². The summed E-state index contributed by atoms with van der Waals surface area (Å²) in [5, 5.41) is 2.41. The van der Waals surface area contributed by atoms with Gasteiger partial charge in [-0.05, 0) is 44.7 Å². The molecular weight excluding hydrogens is 579 g/mol. The summed E-state index contributed by atoms with van der Waals surface area (Å²) in [6.07, 6.45) is -0.336. The smallest absolute Gasteiger partial charge is 0.408 e. The van der Waals surface area contributed by atoms with Gasteiger partial charge in [0.15, 0.2) is 5.78 Å². The average molecular weight is 620 g/mol. The highest BCUT2D eigenvalue weighted by Crippen LogP contribution is 2.50. The van der Waals surface area contributed by atoms with Gasteiger partial charge in [-0.2, -0.15) is 0 Å². The summed E-state index contributed by atoms with van der Waals surface area (Å²) < 4.78 is 65.1. The molecule has 3 aliphatic rings. The molecule has 1 aromatic carbocycles. The number of methoxy groups -OCH3 is 1. The number of rotatable bonds is 4. The predicted molar refractivity (Wildman–Crippen MR) is 155 cm³/mol. The first-order valence-electron chi connectivity index (χ1n) is 15.3. The lowest BCUT2D eigenvalue weighted by Gasteiger charge is -2.28. The van der Waals surface area contributed by atoms with Crippen LogP contribution in [-0.4, -0.2) is 65.6 Å². The van der Waals surface area contributed by atoms with Gasteiger partial charge >= 0.3 is 6.09 Å². The molecule has 2 bridgehead atoms. The molecule has 12 heteroatoms. The van der Waals surface area contributed by atoms with E-state index in [2.05, 4.69) is 10.3 Å². The molecule has 1 N–H and O–H groups in total. The summed E-state index contributed by atoms with van der Waals surface area (Å²) in [5.74, 6) is -6.80. The van der Waals surface area contributed by atoms with Crippen LogP contribution < -0.4 is 14.8 Å². The van der Waals surface area contributed by atoms with Gasteiger partial charge < -0.3 is 24.4 Å². The number of Topliss-reactive ketones (excluding diaryl/α,β-unsaturated/α-hetero) is 1. The largest absolute Gasteiger partial charge is 0.497 e. The Hall–Kier alpha value is -3.57. The summed E-state index contributed by atoms with van der Waals surface area (Å²) in [4.78, 5) is 45.2. The zero-order valence-corrected chi connectivity index (χ0v) is 25.8. The Morgan fingerprint density at radius 3 is 2.68 bits per heavy atom. The predicted octanol–water partition coefficient (Wildman–Crippen LogP) is 5.76. The van der Waals surface area contributed by atoms with Gasteiger partial charge in [0.2, 0.25) is 11.8 Å². The fraction of sp³-hybridized carbons (Fsp3) is 0.625. The number of aromatic nitrogens is 1. The van der Waals surface area contributed by atoms with E-state index in [4.69, 9.17) is 14.2 Å². The third-order valence-electron chi connectivity index (χ3n) is 9.33. The molecule has 1 aliphatic carbocycles. The second-order valence-electron chi connectivity index (χ2n) is 12.7. The van der Waals surface area contributed by atoms with Crippen molar-refractivity contribution in [3.05, 3.63) is 29.6 Å². The van der Waals surface area contributed by atoms with Crippen molar-refractivity contribution >= 4 is 28.7 Å². The maximum Gasteiger partial charge on any atom is 0.408 e. The van der Waals surface area contributed by atoms with Gasteiger partial charge in [0.25, 0.3) is 5.92 Å². The second kappa shape index (κ2) is 12.1. The second-order valence-corrected chi connectivity index (χ2v) is 12.7. The van der Waals surface area contributed by atoms with Gasteiger partial charge in [0, 0.05) is 35.6 Å². The van der Waals surface area contributed by atoms with Gasteiger partial charge in [0.1, 0.15) is 35.4 Å². The lowest BCUT2D eigenvalue weighted by molar-refractivity contribution is -0.139. The molecule has 0 radical (unpaired) electrons. The number of carbonyl (C=O) groups is 3. The molecule has 0 spiro atoms. The number of halogens is 3. The number of hydrogen-bond acceptors (Lipinski definition) is 7. The van der Waals surface area contributed by atoms with Crippen molar-refractivity contribution in [3.8, 4) is 11.6 Å². The van der Waals surface area contributed by atoms with E-state index in [-0.39, 0.29) is 35.6 Å². The van der Waals surface area contributed by atoms with E-state index < -0.39 is 77.7 Å². The Morgan fingerprint density at radius 2 is 2.00 bits per heavy atom. The van der Waals surface area contributed by atoms with Gasteiger partial charge in [0.05, 0.1) is 25.2 Å². The highest BCUT2D eigenvalue weighted by atomic mass is 19.3. The van der Waals surface area contributed by atoms with Crippen LogP contribution in [0.4, 0.5) is 18.0 Å². The van der Waals surface area contributed by atoms with E-state index in [0.717, 1.165) is 0 Å². The van der Waals surface area contributed by atoms with Gasteiger partial charge in [-0.25, -0.2) is 22.9 Å². The fourth-order valence-electron chi connectivity index (χ4n) is 6.63. The monoisotopic (exact) mass is 619 g/mol. The van der Waals surface area contributed by atoms with Crippen molar-refractivity contribution in [3.63, 3.8) is 0 Å². The molecule has 5 unspecified atom stereocenters. The lowest BCUT2D eigenvalue weighted by Crippen LogP contribution is -2.48. The molecule has 240 valence electrons. The van der Waals surface area contributed by atoms with Crippen LogP contribution in [0.25, 0.3) is 10.9 Å². The Labute approximate surface area is 254 Å². The Bertz CT molecular complexity index is 1450. The third kappa shape index (κ3) is 6.04. The minimum absolute atomic E-state index is 0.0119. The highest BCUT2D eigenvalue weighted by molar-refractivity contribution is 5.92. The Kier molecular flexibility index (Phi) is 8.74. The standard InChI is InChI=1S/C32H40F3N3O6/c1-6-20-23-16-38(27(20)28(40)17(2)3)24(39)15-36-30(41)44-31(4)14-18(31)9-7-8-12-32(34,35)25-26(33)21-11-10-19(42-5)13-22(21)37-29(25)43-23/h10-11,13,17-18,20,23,27H,6-9,12,14-16H2,1-5H3,(H,36,41). The molecule has 1 aromatic heterocycles. The minimum Gasteiger partial charge on any atom is -0.497 e. The first-order valence-corrected chi connectivity index (χ1v) is 15.3. The molecule has 2 aromatic rings. The molecule has 3 heterocycles. The topological polar surface area (TPSA) is 107 Å².